The minimum Gasteiger partial charge on any atom is -0.486 e. The van der Waals surface area contributed by atoms with Crippen LogP contribution in [-0.2, 0) is 4.74 Å². The van der Waals surface area contributed by atoms with Gasteiger partial charge in [-0.25, -0.2) is 4.39 Å². The fraction of sp³-hybridized carbons (Fsp3) is 0.278. The molecule has 0 aliphatic carbocycles. The average Bonchev–Trinajstić information content (AvgIpc) is 2.81. The van der Waals surface area contributed by atoms with Crippen LogP contribution >= 0.6 is 0 Å². The Morgan fingerprint density at radius 2 is 2.00 bits per heavy atom. The van der Waals surface area contributed by atoms with Crippen LogP contribution < -0.4 is 4.74 Å². The van der Waals surface area contributed by atoms with E-state index in [1.807, 2.05) is 30.3 Å². The third kappa shape index (κ3) is 4.07. The molecule has 1 aliphatic rings. The maximum absolute atomic E-state index is 13.3. The summed E-state index contributed by atoms with van der Waals surface area (Å²) in [7, 11) is 0. The predicted molar refractivity (Wildman–Crippen MR) is 84.0 cm³/mol. The predicted octanol–water partition coefficient (Wildman–Crippen LogP) is 2.75. The van der Waals surface area contributed by atoms with Crippen molar-refractivity contribution in [2.24, 2.45) is 0 Å². The molecule has 0 bridgehead atoms. The number of halogens is 1. The van der Waals surface area contributed by atoms with Crippen LogP contribution in [0, 0.1) is 5.82 Å². The van der Waals surface area contributed by atoms with E-state index in [4.69, 9.17) is 9.47 Å². The van der Waals surface area contributed by atoms with Crippen molar-refractivity contribution < 1.29 is 18.7 Å². The first kappa shape index (κ1) is 15.5. The summed E-state index contributed by atoms with van der Waals surface area (Å²) in [6, 6.07) is 15.2. The molecule has 1 atom stereocenters. The van der Waals surface area contributed by atoms with Crippen molar-refractivity contribution in [2.75, 3.05) is 26.3 Å². The fourth-order valence-corrected chi connectivity index (χ4v) is 2.53. The lowest BCUT2D eigenvalue weighted by atomic mass is 10.2. The number of ether oxygens (including phenoxy) is 2. The van der Waals surface area contributed by atoms with Crippen LogP contribution in [0.4, 0.5) is 4.39 Å². The van der Waals surface area contributed by atoms with Gasteiger partial charge in [-0.1, -0.05) is 24.3 Å². The second-order valence-electron chi connectivity index (χ2n) is 5.39. The number of carbonyl (C=O) groups excluding carboxylic acids is 1. The summed E-state index contributed by atoms with van der Waals surface area (Å²) < 4.78 is 24.7. The van der Waals surface area contributed by atoms with E-state index in [0.717, 1.165) is 5.75 Å². The molecule has 1 heterocycles. The summed E-state index contributed by atoms with van der Waals surface area (Å²) in [5.74, 6) is 0.108. The number of carbonyl (C=O) groups is 1. The second-order valence-corrected chi connectivity index (χ2v) is 5.39. The molecule has 1 aliphatic heterocycles. The van der Waals surface area contributed by atoms with Gasteiger partial charge in [0.1, 0.15) is 17.7 Å². The van der Waals surface area contributed by atoms with E-state index in [1.54, 1.807) is 11.0 Å². The van der Waals surface area contributed by atoms with Crippen molar-refractivity contribution in [3.8, 4) is 5.75 Å². The van der Waals surface area contributed by atoms with Gasteiger partial charge in [0.15, 0.2) is 0 Å². The van der Waals surface area contributed by atoms with E-state index < -0.39 is 5.82 Å². The second kappa shape index (κ2) is 7.24. The minimum atomic E-state index is -0.418. The van der Waals surface area contributed by atoms with Crippen molar-refractivity contribution in [3.05, 3.63) is 66.0 Å². The largest absolute Gasteiger partial charge is 0.486 e. The molecule has 1 saturated heterocycles. The number of para-hydroxylation sites is 1. The quantitative estimate of drug-likeness (QED) is 0.874. The molecule has 3 rings (SSSR count). The van der Waals surface area contributed by atoms with Gasteiger partial charge in [-0.3, -0.25) is 4.79 Å². The molecule has 0 aromatic heterocycles. The first-order valence-corrected chi connectivity index (χ1v) is 7.56. The Balaban J connectivity index is 1.70. The molecule has 4 nitrogen and oxygen atoms in total. The van der Waals surface area contributed by atoms with Crippen LogP contribution in [0.2, 0.25) is 0 Å². The molecule has 0 N–H and O–H groups in total. The van der Waals surface area contributed by atoms with Gasteiger partial charge in [-0.15, -0.1) is 0 Å². The zero-order valence-electron chi connectivity index (χ0n) is 12.7. The van der Waals surface area contributed by atoms with Gasteiger partial charge in [0.25, 0.3) is 5.91 Å². The molecule has 23 heavy (non-hydrogen) atoms. The number of nitrogens with zero attached hydrogens (tertiary/aromatic N) is 1. The monoisotopic (exact) mass is 315 g/mol. The molecule has 2 aromatic carbocycles. The molecule has 120 valence electrons. The van der Waals surface area contributed by atoms with Crippen LogP contribution in [0.25, 0.3) is 0 Å². The van der Waals surface area contributed by atoms with Gasteiger partial charge in [-0.05, 0) is 30.3 Å². The Hall–Kier alpha value is -2.40. The number of rotatable bonds is 3. The zero-order valence-corrected chi connectivity index (χ0v) is 12.7. The summed E-state index contributed by atoms with van der Waals surface area (Å²) >= 11 is 0. The zero-order chi connectivity index (χ0) is 16.1. The van der Waals surface area contributed by atoms with Crippen molar-refractivity contribution in [1.29, 1.82) is 0 Å². The maximum atomic E-state index is 13.3. The Kier molecular flexibility index (Phi) is 4.88. The summed E-state index contributed by atoms with van der Waals surface area (Å²) in [4.78, 5) is 14.2. The Bertz CT molecular complexity index is 662. The van der Waals surface area contributed by atoms with Crippen LogP contribution in [0.5, 0.6) is 5.75 Å². The smallest absolute Gasteiger partial charge is 0.254 e. The standard InChI is InChI=1S/C18H18FNO3/c19-15-6-4-5-14(11-15)18(21)20-9-10-22-13-17(12-20)23-16-7-2-1-3-8-16/h1-8,11,17H,9-10,12-13H2. The van der Waals surface area contributed by atoms with Crippen molar-refractivity contribution >= 4 is 5.91 Å². The molecule has 1 amide bonds. The first-order chi connectivity index (χ1) is 11.2. The van der Waals surface area contributed by atoms with E-state index in [1.165, 1.54) is 18.2 Å². The molecule has 0 radical (unpaired) electrons. The molecule has 1 unspecified atom stereocenters. The number of benzene rings is 2. The molecule has 5 heteroatoms. The third-order valence-electron chi connectivity index (χ3n) is 3.64. The normalized spacial score (nSPS) is 18.3. The topological polar surface area (TPSA) is 38.8 Å². The summed E-state index contributed by atoms with van der Waals surface area (Å²) in [6.07, 6.45) is -0.252. The first-order valence-electron chi connectivity index (χ1n) is 7.56. The van der Waals surface area contributed by atoms with E-state index in [2.05, 4.69) is 0 Å². The van der Waals surface area contributed by atoms with E-state index in [9.17, 15) is 9.18 Å². The van der Waals surface area contributed by atoms with Crippen LogP contribution in [0.1, 0.15) is 10.4 Å². The lowest BCUT2D eigenvalue weighted by Gasteiger charge is -2.24. The van der Waals surface area contributed by atoms with Gasteiger partial charge in [0.05, 0.1) is 19.8 Å². The Morgan fingerprint density at radius 1 is 1.17 bits per heavy atom. The van der Waals surface area contributed by atoms with Gasteiger partial charge >= 0.3 is 0 Å². The van der Waals surface area contributed by atoms with Crippen LogP contribution in [0.15, 0.2) is 54.6 Å². The van der Waals surface area contributed by atoms with E-state index in [-0.39, 0.29) is 12.0 Å². The molecule has 1 fully saturated rings. The molecular weight excluding hydrogens is 297 g/mol. The number of hydrogen-bond donors (Lipinski definition) is 0. The highest BCUT2D eigenvalue weighted by molar-refractivity contribution is 5.94. The van der Waals surface area contributed by atoms with Crippen LogP contribution in [0.3, 0.4) is 0 Å². The van der Waals surface area contributed by atoms with Gasteiger partial charge in [0.2, 0.25) is 0 Å². The van der Waals surface area contributed by atoms with Gasteiger partial charge in [-0.2, -0.15) is 0 Å². The van der Waals surface area contributed by atoms with Crippen molar-refractivity contribution in [2.45, 2.75) is 6.10 Å². The number of amides is 1. The lowest BCUT2D eigenvalue weighted by molar-refractivity contribution is 0.0652. The minimum absolute atomic E-state index is 0.211. The van der Waals surface area contributed by atoms with Crippen molar-refractivity contribution in [3.63, 3.8) is 0 Å². The molecule has 0 saturated carbocycles. The summed E-state index contributed by atoms with van der Waals surface area (Å²) in [5, 5.41) is 0. The third-order valence-corrected chi connectivity index (χ3v) is 3.64. The average molecular weight is 315 g/mol. The fourth-order valence-electron chi connectivity index (χ4n) is 2.53. The Labute approximate surface area is 134 Å². The highest BCUT2D eigenvalue weighted by atomic mass is 19.1. The van der Waals surface area contributed by atoms with Crippen LogP contribution in [-0.4, -0.2) is 43.2 Å². The highest BCUT2D eigenvalue weighted by Crippen LogP contribution is 2.15. The van der Waals surface area contributed by atoms with E-state index >= 15 is 0 Å². The van der Waals surface area contributed by atoms with Crippen molar-refractivity contribution in [1.82, 2.24) is 4.90 Å². The highest BCUT2D eigenvalue weighted by Gasteiger charge is 2.24. The SMILES string of the molecule is O=C(c1cccc(F)c1)N1CCOCC(Oc2ccccc2)C1. The van der Waals surface area contributed by atoms with Gasteiger partial charge in [0, 0.05) is 12.1 Å². The lowest BCUT2D eigenvalue weighted by Crippen LogP contribution is -2.40. The Morgan fingerprint density at radius 3 is 2.78 bits per heavy atom. The molecule has 2 aromatic rings. The molecule has 0 spiro atoms. The maximum Gasteiger partial charge on any atom is 0.254 e. The molecular formula is C18H18FNO3. The summed E-state index contributed by atoms with van der Waals surface area (Å²) in [6.45, 7) is 1.73. The van der Waals surface area contributed by atoms with Gasteiger partial charge < -0.3 is 14.4 Å². The van der Waals surface area contributed by atoms with E-state index in [0.29, 0.717) is 31.9 Å². The summed E-state index contributed by atoms with van der Waals surface area (Å²) in [5.41, 5.74) is 0.338. The number of hydrogen-bond acceptors (Lipinski definition) is 3.